The highest BCUT2D eigenvalue weighted by Gasteiger charge is 2.30. The van der Waals surface area contributed by atoms with Gasteiger partial charge < -0.3 is 22.5 Å². The number of ether oxygens (including phenoxy) is 1. The van der Waals surface area contributed by atoms with Gasteiger partial charge in [-0.1, -0.05) is 18.2 Å². The molecule has 1 aromatic carbocycles. The van der Waals surface area contributed by atoms with Crippen LogP contribution in [0.25, 0.3) is 0 Å². The van der Waals surface area contributed by atoms with Gasteiger partial charge in [0.25, 0.3) is 0 Å². The number of hydrogen-bond donors (Lipinski definition) is 1. The lowest BCUT2D eigenvalue weighted by Crippen LogP contribution is -3.00. The topological polar surface area (TPSA) is 92.8 Å². The summed E-state index contributed by atoms with van der Waals surface area (Å²) in [5, 5.41) is 3.21. The Morgan fingerprint density at radius 1 is 1.22 bits per heavy atom. The fourth-order valence-electron chi connectivity index (χ4n) is 3.53. The van der Waals surface area contributed by atoms with Gasteiger partial charge >= 0.3 is 5.97 Å². The predicted molar refractivity (Wildman–Crippen MR) is 121 cm³/mol. The first-order valence-corrected chi connectivity index (χ1v) is 12.8. The molecule has 1 N–H and O–H groups in total. The molecule has 32 heavy (non-hydrogen) atoms. The largest absolute Gasteiger partial charge is 1.00 e. The van der Waals surface area contributed by atoms with Crippen molar-refractivity contribution in [2.75, 3.05) is 24.2 Å². The third kappa shape index (κ3) is 6.10. The van der Waals surface area contributed by atoms with Crippen molar-refractivity contribution in [2.45, 2.75) is 51.1 Å². The monoisotopic (exact) mass is 499 g/mol. The molecule has 0 radical (unpaired) electrons. The average molecular weight is 500 g/mol. The summed E-state index contributed by atoms with van der Waals surface area (Å²) >= 11 is 1.37. The zero-order valence-electron chi connectivity index (χ0n) is 18.4. The lowest BCUT2D eigenvalue weighted by molar-refractivity contribution is -0.115. The molecule has 1 amide bonds. The number of nitrogens with zero attached hydrogens (tertiary/aromatic N) is 1. The molecule has 0 atom stereocenters. The number of rotatable bonds is 8. The number of fused-ring (bicyclic) bond motifs is 1. The summed E-state index contributed by atoms with van der Waals surface area (Å²) in [6.07, 6.45) is 0.511. The Bertz CT molecular complexity index is 1050. The molecule has 3 rings (SSSR count). The number of anilines is 1. The summed E-state index contributed by atoms with van der Waals surface area (Å²) in [4.78, 5) is 28.7. The van der Waals surface area contributed by atoms with Crippen molar-refractivity contribution >= 4 is 38.1 Å². The zero-order chi connectivity index (χ0) is 22.6. The van der Waals surface area contributed by atoms with Gasteiger partial charge in [0.2, 0.25) is 5.91 Å². The number of halogens is 1. The maximum atomic E-state index is 12.6. The van der Waals surface area contributed by atoms with Gasteiger partial charge in [-0.3, -0.25) is 9.69 Å². The van der Waals surface area contributed by atoms with Crippen molar-refractivity contribution in [2.24, 2.45) is 0 Å². The second-order valence-corrected chi connectivity index (χ2v) is 10.9. The molecule has 0 saturated carbocycles. The Hall–Kier alpha value is -1.94. The van der Waals surface area contributed by atoms with E-state index in [4.69, 9.17) is 4.74 Å². The van der Waals surface area contributed by atoms with Crippen LogP contribution in [0.15, 0.2) is 35.2 Å². The number of sulfone groups is 1. The first-order chi connectivity index (χ1) is 14.7. The fourth-order valence-corrected chi connectivity index (χ4v) is 6.07. The van der Waals surface area contributed by atoms with Gasteiger partial charge in [-0.05, 0) is 44.9 Å². The molecule has 1 aromatic heterocycles. The van der Waals surface area contributed by atoms with Crippen molar-refractivity contribution in [3.8, 4) is 0 Å². The Labute approximate surface area is 199 Å². The minimum absolute atomic E-state index is 0. The normalized spacial score (nSPS) is 13.9. The Morgan fingerprint density at radius 3 is 2.53 bits per heavy atom. The van der Waals surface area contributed by atoms with Crippen LogP contribution in [0.2, 0.25) is 0 Å². The lowest BCUT2D eigenvalue weighted by atomic mass is 10.0. The molecule has 7 nitrogen and oxygen atoms in total. The number of amides is 1. The first kappa shape index (κ1) is 26.3. The maximum absolute atomic E-state index is 12.6. The molecule has 2 aromatic rings. The average Bonchev–Trinajstić information content (AvgIpc) is 3.10. The summed E-state index contributed by atoms with van der Waals surface area (Å²) in [6, 6.07) is 8.44. The standard InChI is InChI=1S/C22H28N2O5S2.ClH/c1-4-29-22(26)20-17-10-12-24(15(2)3)14-18(17)30-21(20)23-19(25)11-13-31(27,28)16-8-6-5-7-9-16;/h5-9,15H,4,10-14H2,1-3H3,(H,23,25);1H/p-1. The highest BCUT2D eigenvalue weighted by Crippen LogP contribution is 2.38. The second-order valence-electron chi connectivity index (χ2n) is 7.67. The summed E-state index contributed by atoms with van der Waals surface area (Å²) in [7, 11) is -3.56. The molecular formula is C22H28ClN2O5S2-. The zero-order valence-corrected chi connectivity index (χ0v) is 20.8. The van der Waals surface area contributed by atoms with Crippen LogP contribution in [0.1, 0.15) is 48.0 Å². The van der Waals surface area contributed by atoms with Crippen LogP contribution in [0.5, 0.6) is 0 Å². The summed E-state index contributed by atoms with van der Waals surface area (Å²) in [5.41, 5.74) is 1.33. The van der Waals surface area contributed by atoms with Gasteiger partial charge in [0.05, 0.1) is 22.8 Å². The molecule has 1 aliphatic rings. The van der Waals surface area contributed by atoms with E-state index >= 15 is 0 Å². The molecule has 10 heteroatoms. The number of carbonyl (C=O) groups excluding carboxylic acids is 2. The van der Waals surface area contributed by atoms with E-state index in [1.807, 2.05) is 0 Å². The van der Waals surface area contributed by atoms with E-state index in [1.165, 1.54) is 23.5 Å². The molecule has 0 saturated heterocycles. The minimum atomic E-state index is -3.56. The Kier molecular flexibility index (Phi) is 9.27. The van der Waals surface area contributed by atoms with Crippen LogP contribution < -0.4 is 17.7 Å². The van der Waals surface area contributed by atoms with E-state index in [-0.39, 0.29) is 36.1 Å². The van der Waals surface area contributed by atoms with Crippen LogP contribution in [-0.4, -0.2) is 50.1 Å². The maximum Gasteiger partial charge on any atom is 0.341 e. The van der Waals surface area contributed by atoms with Gasteiger partial charge in [0, 0.05) is 30.4 Å². The van der Waals surface area contributed by atoms with Gasteiger partial charge in [-0.2, -0.15) is 0 Å². The van der Waals surface area contributed by atoms with Crippen molar-refractivity contribution in [1.82, 2.24) is 4.90 Å². The fraction of sp³-hybridized carbons (Fsp3) is 0.455. The number of esters is 1. The summed E-state index contributed by atoms with van der Waals surface area (Å²) < 4.78 is 30.1. The van der Waals surface area contributed by atoms with Gasteiger partial charge in [-0.25, -0.2) is 13.2 Å². The van der Waals surface area contributed by atoms with E-state index in [1.54, 1.807) is 25.1 Å². The molecule has 0 fully saturated rings. The van der Waals surface area contributed by atoms with Crippen LogP contribution in [0.4, 0.5) is 5.00 Å². The molecule has 0 aliphatic carbocycles. The number of nitrogens with one attached hydrogen (secondary N) is 1. The molecule has 2 heterocycles. The third-order valence-electron chi connectivity index (χ3n) is 5.25. The van der Waals surface area contributed by atoms with Crippen LogP contribution in [0.3, 0.4) is 0 Å². The number of carbonyl (C=O) groups is 2. The van der Waals surface area contributed by atoms with E-state index in [0.29, 0.717) is 29.6 Å². The van der Waals surface area contributed by atoms with Crippen LogP contribution in [-0.2, 0) is 32.3 Å². The molecular weight excluding hydrogens is 472 g/mol. The van der Waals surface area contributed by atoms with Crippen molar-refractivity contribution in [3.05, 3.63) is 46.3 Å². The van der Waals surface area contributed by atoms with E-state index in [9.17, 15) is 18.0 Å². The number of hydrogen-bond acceptors (Lipinski definition) is 7. The van der Waals surface area contributed by atoms with Crippen LogP contribution >= 0.6 is 11.3 Å². The summed E-state index contributed by atoms with van der Waals surface area (Å²) in [5.74, 6) is -1.20. The van der Waals surface area contributed by atoms with E-state index in [0.717, 1.165) is 17.0 Å². The molecule has 0 spiro atoms. The molecule has 0 unspecified atom stereocenters. The van der Waals surface area contributed by atoms with E-state index < -0.39 is 21.7 Å². The van der Waals surface area contributed by atoms with Gasteiger partial charge in [0.15, 0.2) is 9.84 Å². The lowest BCUT2D eigenvalue weighted by Gasteiger charge is -2.30. The summed E-state index contributed by atoms with van der Waals surface area (Å²) in [6.45, 7) is 7.77. The third-order valence-corrected chi connectivity index (χ3v) is 8.11. The van der Waals surface area contributed by atoms with Crippen molar-refractivity contribution in [3.63, 3.8) is 0 Å². The Morgan fingerprint density at radius 2 is 1.91 bits per heavy atom. The quantitative estimate of drug-likeness (QED) is 0.532. The molecule has 1 aliphatic heterocycles. The minimum Gasteiger partial charge on any atom is -1.00 e. The van der Waals surface area contributed by atoms with Gasteiger partial charge in [0.1, 0.15) is 5.00 Å². The molecule has 0 bridgehead atoms. The van der Waals surface area contributed by atoms with Crippen molar-refractivity contribution < 1.29 is 35.2 Å². The first-order valence-electron chi connectivity index (χ1n) is 10.4. The smallest absolute Gasteiger partial charge is 0.341 e. The number of thiophene rings is 1. The highest BCUT2D eigenvalue weighted by atomic mass is 35.5. The van der Waals surface area contributed by atoms with Gasteiger partial charge in [-0.15, -0.1) is 11.3 Å². The highest BCUT2D eigenvalue weighted by molar-refractivity contribution is 7.91. The molecule has 176 valence electrons. The second kappa shape index (κ2) is 11.3. The van der Waals surface area contributed by atoms with Crippen molar-refractivity contribution in [1.29, 1.82) is 0 Å². The van der Waals surface area contributed by atoms with E-state index in [2.05, 4.69) is 24.1 Å². The number of benzene rings is 1. The predicted octanol–water partition coefficient (Wildman–Crippen LogP) is 0.498. The SMILES string of the molecule is CCOC(=O)c1c(NC(=O)CCS(=O)(=O)c2ccccc2)sc2c1CCN(C(C)C)C2.[Cl-]. The van der Waals surface area contributed by atoms with Crippen LogP contribution in [0, 0.1) is 0 Å². The Balaban J connectivity index is 0.00000363.